The van der Waals surface area contributed by atoms with Gasteiger partial charge in [0.25, 0.3) is 0 Å². The van der Waals surface area contributed by atoms with Gasteiger partial charge in [-0.1, -0.05) is 42.5 Å². The minimum Gasteiger partial charge on any atom is -0.489 e. The highest BCUT2D eigenvalue weighted by molar-refractivity contribution is 5.89. The van der Waals surface area contributed by atoms with Crippen LogP contribution in [0.25, 0.3) is 10.8 Å². The third kappa shape index (κ3) is 5.20. The van der Waals surface area contributed by atoms with E-state index in [0.717, 1.165) is 39.0 Å². The van der Waals surface area contributed by atoms with Crippen LogP contribution in [-0.2, 0) is 17.9 Å². The third-order valence-corrected chi connectivity index (χ3v) is 4.98. The van der Waals surface area contributed by atoms with Gasteiger partial charge in [0.2, 0.25) is 5.91 Å². The van der Waals surface area contributed by atoms with E-state index in [9.17, 15) is 9.18 Å². The van der Waals surface area contributed by atoms with Crippen molar-refractivity contribution in [2.45, 2.75) is 20.1 Å². The molecule has 2 N–H and O–H groups in total. The molecule has 4 nitrogen and oxygen atoms in total. The lowest BCUT2D eigenvalue weighted by Gasteiger charge is -2.16. The maximum Gasteiger partial charge on any atom is 0.221 e. The fourth-order valence-electron chi connectivity index (χ4n) is 3.44. The van der Waals surface area contributed by atoms with Gasteiger partial charge in [-0.2, -0.15) is 0 Å². The summed E-state index contributed by atoms with van der Waals surface area (Å²) in [7, 11) is 0. The molecule has 1 amide bonds. The van der Waals surface area contributed by atoms with Crippen molar-refractivity contribution in [3.05, 3.63) is 102 Å². The van der Waals surface area contributed by atoms with E-state index in [0.29, 0.717) is 13.2 Å². The lowest BCUT2D eigenvalue weighted by Crippen LogP contribution is -2.06. The predicted octanol–water partition coefficient (Wildman–Crippen LogP) is 6.13. The second kappa shape index (κ2) is 9.30. The molecule has 0 radical (unpaired) electrons. The van der Waals surface area contributed by atoms with E-state index < -0.39 is 0 Å². The molecule has 4 aromatic carbocycles. The van der Waals surface area contributed by atoms with E-state index in [1.54, 1.807) is 12.1 Å². The van der Waals surface area contributed by atoms with Crippen molar-refractivity contribution in [3.63, 3.8) is 0 Å². The molecule has 0 fully saturated rings. The lowest BCUT2D eigenvalue weighted by molar-refractivity contribution is -0.114. The van der Waals surface area contributed by atoms with Gasteiger partial charge in [0.15, 0.2) is 0 Å². The summed E-state index contributed by atoms with van der Waals surface area (Å²) in [6.07, 6.45) is 0. The highest BCUT2D eigenvalue weighted by Gasteiger charge is 2.10. The first-order valence-electron chi connectivity index (χ1n) is 10.1. The van der Waals surface area contributed by atoms with Crippen LogP contribution in [0.3, 0.4) is 0 Å². The van der Waals surface area contributed by atoms with Gasteiger partial charge in [-0.15, -0.1) is 0 Å². The number of nitrogens with one attached hydrogen (secondary N) is 2. The van der Waals surface area contributed by atoms with Crippen molar-refractivity contribution in [2.75, 3.05) is 10.6 Å². The summed E-state index contributed by atoms with van der Waals surface area (Å²) < 4.78 is 19.3. The number of fused-ring (bicyclic) bond motifs is 1. The fraction of sp³-hybridized carbons (Fsp3) is 0.115. The smallest absolute Gasteiger partial charge is 0.221 e. The minimum atomic E-state index is -0.260. The van der Waals surface area contributed by atoms with Crippen molar-refractivity contribution in [1.82, 2.24) is 0 Å². The Hall–Kier alpha value is -3.86. The van der Waals surface area contributed by atoms with E-state index >= 15 is 0 Å². The van der Waals surface area contributed by atoms with E-state index in [4.69, 9.17) is 4.74 Å². The van der Waals surface area contributed by atoms with E-state index in [1.165, 1.54) is 19.1 Å². The molecule has 0 aliphatic carbocycles. The monoisotopic (exact) mass is 414 g/mol. The molecule has 0 aromatic heterocycles. The number of benzene rings is 4. The Balaban J connectivity index is 1.55. The summed E-state index contributed by atoms with van der Waals surface area (Å²) in [5, 5.41) is 8.45. The topological polar surface area (TPSA) is 50.4 Å². The number of rotatable bonds is 7. The third-order valence-electron chi connectivity index (χ3n) is 4.98. The number of hydrogen-bond donors (Lipinski definition) is 2. The van der Waals surface area contributed by atoms with Gasteiger partial charge < -0.3 is 15.4 Å². The quantitative estimate of drug-likeness (QED) is 0.383. The Kier molecular flexibility index (Phi) is 6.13. The number of hydrogen-bond acceptors (Lipinski definition) is 3. The summed E-state index contributed by atoms with van der Waals surface area (Å²) in [4.78, 5) is 11.2. The van der Waals surface area contributed by atoms with Crippen LogP contribution in [0.2, 0.25) is 0 Å². The van der Waals surface area contributed by atoms with Crippen molar-refractivity contribution < 1.29 is 13.9 Å². The van der Waals surface area contributed by atoms with Crippen LogP contribution >= 0.6 is 0 Å². The molecule has 0 heterocycles. The number of amides is 1. The standard InChI is InChI=1S/C26H23FN2O2/c1-18(30)29-23-13-11-22(12-14-23)28-16-25-24-5-3-2-4-20(24)8-15-26(25)31-17-19-6-9-21(27)10-7-19/h2-15,28H,16-17H2,1H3,(H,29,30). The summed E-state index contributed by atoms with van der Waals surface area (Å²) in [5.74, 6) is 0.425. The molecule has 0 saturated heterocycles. The Morgan fingerprint density at radius 3 is 2.32 bits per heavy atom. The van der Waals surface area contributed by atoms with Crippen molar-refractivity contribution in [2.24, 2.45) is 0 Å². The van der Waals surface area contributed by atoms with Crippen LogP contribution in [0.5, 0.6) is 5.75 Å². The summed E-state index contributed by atoms with van der Waals surface area (Å²) >= 11 is 0. The lowest BCUT2D eigenvalue weighted by atomic mass is 10.0. The highest BCUT2D eigenvalue weighted by Crippen LogP contribution is 2.30. The maximum absolute atomic E-state index is 13.2. The van der Waals surface area contributed by atoms with Crippen molar-refractivity contribution >= 4 is 28.1 Å². The van der Waals surface area contributed by atoms with E-state index in [-0.39, 0.29) is 11.7 Å². The van der Waals surface area contributed by atoms with Crippen LogP contribution < -0.4 is 15.4 Å². The zero-order chi connectivity index (χ0) is 21.6. The number of carbonyl (C=O) groups is 1. The molecule has 0 atom stereocenters. The summed E-state index contributed by atoms with van der Waals surface area (Å²) in [5.41, 5.74) is 3.64. The molecule has 0 aliphatic rings. The van der Waals surface area contributed by atoms with Gasteiger partial charge in [-0.25, -0.2) is 4.39 Å². The van der Waals surface area contributed by atoms with Crippen molar-refractivity contribution in [1.29, 1.82) is 0 Å². The zero-order valence-corrected chi connectivity index (χ0v) is 17.2. The van der Waals surface area contributed by atoms with Crippen molar-refractivity contribution in [3.8, 4) is 5.75 Å². The van der Waals surface area contributed by atoms with Crippen LogP contribution in [-0.4, -0.2) is 5.91 Å². The molecule has 4 aromatic rings. The van der Waals surface area contributed by atoms with E-state index in [1.807, 2.05) is 48.5 Å². The predicted molar refractivity (Wildman–Crippen MR) is 123 cm³/mol. The van der Waals surface area contributed by atoms with Gasteiger partial charge in [-0.05, 0) is 58.8 Å². The van der Waals surface area contributed by atoms with Gasteiger partial charge in [-0.3, -0.25) is 4.79 Å². The van der Waals surface area contributed by atoms with E-state index in [2.05, 4.69) is 22.8 Å². The first-order valence-corrected chi connectivity index (χ1v) is 10.1. The largest absolute Gasteiger partial charge is 0.489 e. The fourth-order valence-corrected chi connectivity index (χ4v) is 3.44. The Bertz CT molecular complexity index is 1190. The highest BCUT2D eigenvalue weighted by atomic mass is 19.1. The first-order chi connectivity index (χ1) is 15.1. The van der Waals surface area contributed by atoms with Gasteiger partial charge in [0.05, 0.1) is 0 Å². The van der Waals surface area contributed by atoms with Gasteiger partial charge in [0.1, 0.15) is 18.2 Å². The van der Waals surface area contributed by atoms with Gasteiger partial charge in [0, 0.05) is 30.4 Å². The molecule has 5 heteroatoms. The van der Waals surface area contributed by atoms with Crippen LogP contribution in [0.15, 0.2) is 84.9 Å². The molecular weight excluding hydrogens is 391 g/mol. The average Bonchev–Trinajstić information content (AvgIpc) is 2.78. The zero-order valence-electron chi connectivity index (χ0n) is 17.2. The Morgan fingerprint density at radius 2 is 1.58 bits per heavy atom. The molecule has 0 saturated carbocycles. The molecule has 31 heavy (non-hydrogen) atoms. The number of halogens is 1. The van der Waals surface area contributed by atoms with Gasteiger partial charge >= 0.3 is 0 Å². The van der Waals surface area contributed by atoms with Crippen LogP contribution in [0.4, 0.5) is 15.8 Å². The number of ether oxygens (including phenoxy) is 1. The number of anilines is 2. The maximum atomic E-state index is 13.2. The molecular formula is C26H23FN2O2. The molecule has 0 spiro atoms. The minimum absolute atomic E-state index is 0.0978. The molecule has 0 bridgehead atoms. The normalized spacial score (nSPS) is 10.6. The SMILES string of the molecule is CC(=O)Nc1ccc(NCc2c(OCc3ccc(F)cc3)ccc3ccccc23)cc1. The Morgan fingerprint density at radius 1 is 0.871 bits per heavy atom. The molecule has 156 valence electrons. The summed E-state index contributed by atoms with van der Waals surface area (Å²) in [6, 6.07) is 26.1. The molecule has 0 unspecified atom stereocenters. The molecule has 0 aliphatic heterocycles. The Labute approximate surface area is 180 Å². The second-order valence-electron chi connectivity index (χ2n) is 7.29. The molecule has 4 rings (SSSR count). The first kappa shape index (κ1) is 20.4. The van der Waals surface area contributed by atoms with Crippen LogP contribution in [0, 0.1) is 5.82 Å². The second-order valence-corrected chi connectivity index (χ2v) is 7.29. The number of carbonyl (C=O) groups excluding carboxylic acids is 1. The average molecular weight is 414 g/mol. The summed E-state index contributed by atoms with van der Waals surface area (Å²) in [6.45, 7) is 2.41. The van der Waals surface area contributed by atoms with Crippen LogP contribution in [0.1, 0.15) is 18.1 Å².